The molecule has 1 saturated carbocycles. The van der Waals surface area contributed by atoms with Crippen molar-refractivity contribution in [3.63, 3.8) is 0 Å². The lowest BCUT2D eigenvalue weighted by molar-refractivity contribution is -0.384. The van der Waals surface area contributed by atoms with Crippen molar-refractivity contribution in [3.05, 3.63) is 46.5 Å². The Hall–Kier alpha value is -0.880. The lowest BCUT2D eigenvalue weighted by atomic mass is 9.77. The third kappa shape index (κ3) is 3.54. The molecule has 1 aliphatic heterocycles. The summed E-state index contributed by atoms with van der Waals surface area (Å²) in [6, 6.07) is 6.00. The van der Waals surface area contributed by atoms with E-state index in [4.69, 9.17) is 20.9 Å². The minimum atomic E-state index is -2.51. The summed E-state index contributed by atoms with van der Waals surface area (Å²) in [7, 11) is 0. The van der Waals surface area contributed by atoms with Crippen molar-refractivity contribution in [2.45, 2.75) is 44.0 Å². The zero-order valence-corrected chi connectivity index (χ0v) is 16.2. The molecule has 1 aromatic carbocycles. The van der Waals surface area contributed by atoms with E-state index in [0.29, 0.717) is 16.9 Å². The van der Waals surface area contributed by atoms with E-state index >= 15 is 0 Å². The Labute approximate surface area is 150 Å². The summed E-state index contributed by atoms with van der Waals surface area (Å²) in [6.45, 7) is 8.29. The van der Waals surface area contributed by atoms with Crippen LogP contribution in [0.25, 0.3) is 0 Å². The van der Waals surface area contributed by atoms with E-state index in [-0.39, 0.29) is 11.3 Å². The Morgan fingerprint density at radius 3 is 2.79 bits per heavy atom. The number of allylic oxidation sites excluding steroid dienone is 1. The molecule has 0 radical (unpaired) electrons. The van der Waals surface area contributed by atoms with Crippen LogP contribution in [0.3, 0.4) is 0 Å². The Morgan fingerprint density at radius 1 is 1.54 bits per heavy atom. The number of benzene rings is 1. The summed E-state index contributed by atoms with van der Waals surface area (Å²) in [6.07, 6.45) is 3.03. The van der Waals surface area contributed by atoms with E-state index in [0.717, 1.165) is 19.3 Å². The number of hydrogen-bond donors (Lipinski definition) is 0. The van der Waals surface area contributed by atoms with Gasteiger partial charge in [0, 0.05) is 17.4 Å². The van der Waals surface area contributed by atoms with Crippen LogP contribution in [-0.4, -0.2) is 15.8 Å². The first-order chi connectivity index (χ1) is 11.2. The van der Waals surface area contributed by atoms with Crippen LogP contribution in [0.5, 0.6) is 5.75 Å². The summed E-state index contributed by atoms with van der Waals surface area (Å²) in [5, 5.41) is 11.0. The van der Waals surface area contributed by atoms with Gasteiger partial charge in [-0.3, -0.25) is 10.1 Å². The first-order valence-corrected chi connectivity index (χ1v) is 11.9. The van der Waals surface area contributed by atoms with E-state index in [1.165, 1.54) is 17.7 Å². The summed E-state index contributed by atoms with van der Waals surface area (Å²) < 4.78 is 12.2. The molecule has 130 valence electrons. The topological polar surface area (TPSA) is 61.6 Å². The van der Waals surface area contributed by atoms with Gasteiger partial charge < -0.3 is 9.05 Å². The first kappa shape index (κ1) is 17.9. The summed E-state index contributed by atoms with van der Waals surface area (Å²) >= 11 is 7.33. The van der Waals surface area contributed by atoms with E-state index in [2.05, 4.69) is 20.4 Å². The van der Waals surface area contributed by atoms with Crippen molar-refractivity contribution in [1.29, 1.82) is 0 Å². The van der Waals surface area contributed by atoms with Crippen LogP contribution in [0.15, 0.2) is 36.4 Å². The predicted molar refractivity (Wildman–Crippen MR) is 101 cm³/mol. The Morgan fingerprint density at radius 2 is 2.21 bits per heavy atom. The highest BCUT2D eigenvalue weighted by molar-refractivity contribution is 8.68. The molecule has 3 rings (SSSR count). The highest BCUT2D eigenvalue weighted by Gasteiger charge is 2.53. The second kappa shape index (κ2) is 6.45. The quantitative estimate of drug-likeness (QED) is 0.297. The van der Waals surface area contributed by atoms with E-state index < -0.39 is 10.6 Å². The second-order valence-electron chi connectivity index (χ2n) is 6.61. The largest absolute Gasteiger partial charge is 0.436 e. The maximum atomic E-state index is 10.7. The maximum Gasteiger partial charge on any atom is 0.298 e. The number of nitrogens with zero attached hydrogens (tertiary/aromatic N) is 1. The standard InChI is InChI=1S/C16H20NO4PS2/c1-11(2)12-8-9-16(3)15(10-12)24-22(23,21-16)20-14-6-4-13(5-7-14)17(18)19/h4-7,12,15H,1,8-10H2,2-3H3/t12-,15-,16-,22+/m1/s1. The average molecular weight is 385 g/mol. The molecule has 2 aliphatic rings. The molecule has 1 aliphatic carbocycles. The van der Waals surface area contributed by atoms with Crippen LogP contribution in [0, 0.1) is 16.0 Å². The summed E-state index contributed by atoms with van der Waals surface area (Å²) in [4.78, 5) is 10.3. The Kier molecular flexibility index (Phi) is 4.82. The Bertz CT molecular complexity index is 723. The number of nitro benzene ring substituents is 1. The van der Waals surface area contributed by atoms with Crippen molar-refractivity contribution >= 4 is 34.6 Å². The minimum absolute atomic E-state index is 0.0315. The van der Waals surface area contributed by atoms with Crippen molar-refractivity contribution < 1.29 is 14.0 Å². The molecular weight excluding hydrogens is 365 g/mol. The van der Waals surface area contributed by atoms with Gasteiger partial charge in [0.05, 0.1) is 10.5 Å². The van der Waals surface area contributed by atoms with Crippen molar-refractivity contribution in [1.82, 2.24) is 0 Å². The SMILES string of the molecule is C=C(C)[C@@H]1CC[C@@]2(C)O[P@](=S)(Oc3ccc([N+](=O)[O-])cc3)S[C@@H]2C1. The van der Waals surface area contributed by atoms with Crippen LogP contribution in [0.4, 0.5) is 5.69 Å². The second-order valence-corrected chi connectivity index (χ2v) is 12.9. The van der Waals surface area contributed by atoms with Crippen LogP contribution >= 0.6 is 17.1 Å². The fourth-order valence-electron chi connectivity index (χ4n) is 3.18. The molecule has 1 aromatic rings. The van der Waals surface area contributed by atoms with Gasteiger partial charge in [-0.1, -0.05) is 23.5 Å². The third-order valence-electron chi connectivity index (χ3n) is 4.71. The van der Waals surface area contributed by atoms with Crippen molar-refractivity contribution in [2.24, 2.45) is 5.92 Å². The first-order valence-electron chi connectivity index (χ1n) is 7.79. The molecule has 5 nitrogen and oxygen atoms in total. The zero-order valence-electron chi connectivity index (χ0n) is 13.6. The highest BCUT2D eigenvalue weighted by Crippen LogP contribution is 2.74. The van der Waals surface area contributed by atoms with E-state index in [1.54, 1.807) is 23.5 Å². The molecule has 0 amide bonds. The predicted octanol–water partition coefficient (Wildman–Crippen LogP) is 5.47. The Balaban J connectivity index is 1.74. The molecule has 0 unspecified atom stereocenters. The third-order valence-corrected chi connectivity index (χ3v) is 10.2. The van der Waals surface area contributed by atoms with Crippen LogP contribution in [0.1, 0.15) is 33.1 Å². The van der Waals surface area contributed by atoms with Gasteiger partial charge in [0.2, 0.25) is 0 Å². The van der Waals surface area contributed by atoms with E-state index in [9.17, 15) is 10.1 Å². The maximum absolute atomic E-state index is 10.7. The van der Waals surface area contributed by atoms with Crippen molar-refractivity contribution in [2.75, 3.05) is 0 Å². The molecule has 0 aromatic heterocycles. The van der Waals surface area contributed by atoms with Gasteiger partial charge in [0.15, 0.2) is 0 Å². The monoisotopic (exact) mass is 385 g/mol. The molecule has 0 N–H and O–H groups in total. The van der Waals surface area contributed by atoms with Gasteiger partial charge in [-0.05, 0) is 63.0 Å². The van der Waals surface area contributed by atoms with Crippen molar-refractivity contribution in [3.8, 4) is 5.75 Å². The fraction of sp³-hybridized carbons (Fsp3) is 0.500. The lowest BCUT2D eigenvalue weighted by Crippen LogP contribution is -2.40. The lowest BCUT2D eigenvalue weighted by Gasteiger charge is -2.37. The molecule has 1 heterocycles. The van der Waals surface area contributed by atoms with E-state index in [1.807, 2.05) is 0 Å². The van der Waals surface area contributed by atoms with Gasteiger partial charge in [0.1, 0.15) is 5.75 Å². The normalized spacial score (nSPS) is 35.2. The zero-order chi connectivity index (χ0) is 17.5. The van der Waals surface area contributed by atoms with Crippen LogP contribution < -0.4 is 4.52 Å². The summed E-state index contributed by atoms with van der Waals surface area (Å²) in [5.74, 6) is 1.04. The molecule has 1 saturated heterocycles. The number of hydrogen-bond acceptors (Lipinski definition) is 6. The fourth-order valence-corrected chi connectivity index (χ4v) is 10.1. The van der Waals surface area contributed by atoms with Gasteiger partial charge in [-0.2, -0.15) is 0 Å². The highest BCUT2D eigenvalue weighted by atomic mass is 32.9. The van der Waals surface area contributed by atoms with Gasteiger partial charge in [-0.15, -0.1) is 0 Å². The molecule has 4 atom stereocenters. The van der Waals surface area contributed by atoms with Crippen LogP contribution in [-0.2, 0) is 16.3 Å². The van der Waals surface area contributed by atoms with Gasteiger partial charge in [-0.25, -0.2) is 0 Å². The molecule has 0 bridgehead atoms. The number of non-ortho nitro benzene ring substituents is 1. The molecule has 0 spiro atoms. The summed E-state index contributed by atoms with van der Waals surface area (Å²) in [5.41, 5.74) is -1.52. The molecule has 24 heavy (non-hydrogen) atoms. The molecule has 2 fully saturated rings. The molecule has 8 heteroatoms. The minimum Gasteiger partial charge on any atom is -0.436 e. The average Bonchev–Trinajstić information content (AvgIpc) is 2.76. The van der Waals surface area contributed by atoms with Gasteiger partial charge in [0.25, 0.3) is 11.4 Å². The number of fused-ring (bicyclic) bond motifs is 1. The molecular formula is C16H20NO4PS2. The van der Waals surface area contributed by atoms with Gasteiger partial charge >= 0.3 is 0 Å². The van der Waals surface area contributed by atoms with Crippen LogP contribution in [0.2, 0.25) is 0 Å². The number of nitro groups is 1. The smallest absolute Gasteiger partial charge is 0.298 e. The number of rotatable bonds is 4.